The Bertz CT molecular complexity index is 1120. The maximum absolute atomic E-state index is 12.2. The molecule has 3 rings (SSSR count). The summed E-state index contributed by atoms with van der Waals surface area (Å²) in [5.41, 5.74) is 5.24. The zero-order valence-electron chi connectivity index (χ0n) is 15.8. The molecule has 0 aliphatic rings. The first-order chi connectivity index (χ1) is 14.3. The summed E-state index contributed by atoms with van der Waals surface area (Å²) in [6.07, 6.45) is 1.48. The standard InChI is InChI=1S/C22H16Cl4N2O2/c1-13-2-6-17(19(25)8-13)22(29)28-27-11-14-3-7-21(20(26)9-14)30-12-15-4-5-16(23)10-18(15)24/h2-11H,12H2,1H3,(H,28,29)/b27-11-. The van der Waals surface area contributed by atoms with Crippen molar-refractivity contribution in [2.45, 2.75) is 13.5 Å². The van der Waals surface area contributed by atoms with Crippen LogP contribution in [0.2, 0.25) is 20.1 Å². The summed E-state index contributed by atoms with van der Waals surface area (Å²) in [7, 11) is 0. The lowest BCUT2D eigenvalue weighted by molar-refractivity contribution is 0.0955. The van der Waals surface area contributed by atoms with Crippen LogP contribution in [0.4, 0.5) is 0 Å². The van der Waals surface area contributed by atoms with Gasteiger partial charge in [0.15, 0.2) is 0 Å². The lowest BCUT2D eigenvalue weighted by Gasteiger charge is -2.10. The fraction of sp³-hybridized carbons (Fsp3) is 0.0909. The molecule has 0 aliphatic heterocycles. The maximum Gasteiger partial charge on any atom is 0.272 e. The molecule has 154 valence electrons. The van der Waals surface area contributed by atoms with Crippen molar-refractivity contribution in [2.24, 2.45) is 5.10 Å². The molecule has 0 heterocycles. The van der Waals surface area contributed by atoms with Crippen LogP contribution in [0.5, 0.6) is 5.75 Å². The Hall–Kier alpha value is -2.24. The SMILES string of the molecule is Cc1ccc(C(=O)N/N=C\c2ccc(OCc3ccc(Cl)cc3Cl)c(Cl)c2)c(Cl)c1. The maximum atomic E-state index is 12.2. The number of hydrogen-bond donors (Lipinski definition) is 1. The normalized spacial score (nSPS) is 11.0. The van der Waals surface area contributed by atoms with E-state index in [0.717, 1.165) is 11.1 Å². The molecule has 0 bridgehead atoms. The van der Waals surface area contributed by atoms with Crippen LogP contribution in [0.3, 0.4) is 0 Å². The molecule has 0 spiro atoms. The summed E-state index contributed by atoms with van der Waals surface area (Å²) in [6.45, 7) is 2.14. The molecule has 1 amide bonds. The lowest BCUT2D eigenvalue weighted by Crippen LogP contribution is -2.18. The molecule has 0 saturated carbocycles. The minimum atomic E-state index is -0.401. The molecule has 0 fully saturated rings. The quantitative estimate of drug-likeness (QED) is 0.305. The second-order valence-corrected chi connectivity index (χ2v) is 8.05. The predicted octanol–water partition coefficient (Wildman–Crippen LogP) is 6.95. The molecule has 0 saturated heterocycles. The Balaban J connectivity index is 1.61. The van der Waals surface area contributed by atoms with Gasteiger partial charge in [-0.3, -0.25) is 4.79 Å². The number of halogens is 4. The van der Waals surface area contributed by atoms with Gasteiger partial charge in [0.25, 0.3) is 5.91 Å². The van der Waals surface area contributed by atoms with Crippen molar-refractivity contribution >= 4 is 58.5 Å². The predicted molar refractivity (Wildman–Crippen MR) is 123 cm³/mol. The van der Waals surface area contributed by atoms with Gasteiger partial charge in [-0.1, -0.05) is 58.5 Å². The van der Waals surface area contributed by atoms with Crippen LogP contribution in [0.25, 0.3) is 0 Å². The van der Waals surface area contributed by atoms with E-state index >= 15 is 0 Å². The number of hydrazone groups is 1. The first-order valence-corrected chi connectivity index (χ1v) is 10.3. The minimum absolute atomic E-state index is 0.247. The zero-order valence-corrected chi connectivity index (χ0v) is 18.8. The molecule has 1 N–H and O–H groups in total. The highest BCUT2D eigenvalue weighted by atomic mass is 35.5. The van der Waals surface area contributed by atoms with E-state index in [1.165, 1.54) is 6.21 Å². The minimum Gasteiger partial charge on any atom is -0.487 e. The molecule has 30 heavy (non-hydrogen) atoms. The van der Waals surface area contributed by atoms with Crippen LogP contribution in [0, 0.1) is 6.92 Å². The number of aryl methyl sites for hydroxylation is 1. The van der Waals surface area contributed by atoms with E-state index in [1.807, 2.05) is 6.92 Å². The summed E-state index contributed by atoms with van der Waals surface area (Å²) < 4.78 is 5.73. The third-order valence-electron chi connectivity index (χ3n) is 4.10. The van der Waals surface area contributed by atoms with Gasteiger partial charge in [-0.25, -0.2) is 5.43 Å². The van der Waals surface area contributed by atoms with Crippen LogP contribution in [-0.4, -0.2) is 12.1 Å². The number of rotatable bonds is 6. The van der Waals surface area contributed by atoms with E-state index in [-0.39, 0.29) is 6.61 Å². The smallest absolute Gasteiger partial charge is 0.272 e. The molecule has 8 heteroatoms. The van der Waals surface area contributed by atoms with E-state index in [9.17, 15) is 4.79 Å². The number of nitrogens with one attached hydrogen (secondary N) is 1. The molecule has 0 unspecified atom stereocenters. The molecule has 4 nitrogen and oxygen atoms in total. The molecule has 0 radical (unpaired) electrons. The number of amides is 1. The Morgan fingerprint density at radius 3 is 2.47 bits per heavy atom. The van der Waals surface area contributed by atoms with Gasteiger partial charge in [0.1, 0.15) is 12.4 Å². The Labute approximate surface area is 194 Å². The number of hydrogen-bond acceptors (Lipinski definition) is 3. The highest BCUT2D eigenvalue weighted by Crippen LogP contribution is 2.28. The number of carbonyl (C=O) groups excluding carboxylic acids is 1. The van der Waals surface area contributed by atoms with Crippen LogP contribution < -0.4 is 10.2 Å². The van der Waals surface area contributed by atoms with Gasteiger partial charge in [0.2, 0.25) is 0 Å². The zero-order chi connectivity index (χ0) is 21.7. The van der Waals surface area contributed by atoms with Crippen molar-refractivity contribution in [1.82, 2.24) is 5.43 Å². The third kappa shape index (κ3) is 5.89. The topological polar surface area (TPSA) is 50.7 Å². The van der Waals surface area contributed by atoms with Gasteiger partial charge in [0.05, 0.1) is 21.8 Å². The van der Waals surface area contributed by atoms with Crippen molar-refractivity contribution in [3.05, 3.63) is 96.9 Å². The number of nitrogens with zero attached hydrogens (tertiary/aromatic N) is 1. The van der Waals surface area contributed by atoms with E-state index < -0.39 is 5.91 Å². The van der Waals surface area contributed by atoms with E-state index in [2.05, 4.69) is 10.5 Å². The largest absolute Gasteiger partial charge is 0.487 e. The summed E-state index contributed by atoms with van der Waals surface area (Å²) in [4.78, 5) is 12.2. The van der Waals surface area contributed by atoms with Gasteiger partial charge in [-0.05, 0) is 60.5 Å². The van der Waals surface area contributed by atoms with Crippen molar-refractivity contribution < 1.29 is 9.53 Å². The molecule has 0 aliphatic carbocycles. The summed E-state index contributed by atoms with van der Waals surface area (Å²) >= 11 is 24.4. The van der Waals surface area contributed by atoms with E-state index in [4.69, 9.17) is 51.1 Å². The summed E-state index contributed by atoms with van der Waals surface area (Å²) in [5, 5.41) is 5.80. The lowest BCUT2D eigenvalue weighted by atomic mass is 10.1. The van der Waals surface area contributed by atoms with Gasteiger partial charge in [0, 0.05) is 15.6 Å². The molecule has 3 aromatic carbocycles. The number of carbonyl (C=O) groups is 1. The highest BCUT2D eigenvalue weighted by Gasteiger charge is 2.09. The highest BCUT2D eigenvalue weighted by molar-refractivity contribution is 6.35. The monoisotopic (exact) mass is 480 g/mol. The molecule has 0 aromatic heterocycles. The van der Waals surface area contributed by atoms with Gasteiger partial charge in [-0.15, -0.1) is 0 Å². The fourth-order valence-electron chi connectivity index (χ4n) is 2.54. The van der Waals surface area contributed by atoms with Crippen molar-refractivity contribution in [2.75, 3.05) is 0 Å². The Morgan fingerprint density at radius 2 is 1.77 bits per heavy atom. The van der Waals surface area contributed by atoms with E-state index in [0.29, 0.717) is 37.0 Å². The molecular formula is C22H16Cl4N2O2. The molecule has 3 aromatic rings. The number of benzene rings is 3. The van der Waals surface area contributed by atoms with Crippen molar-refractivity contribution in [1.29, 1.82) is 0 Å². The van der Waals surface area contributed by atoms with Gasteiger partial charge in [-0.2, -0.15) is 5.10 Å². The molecular weight excluding hydrogens is 466 g/mol. The Kier molecular flexibility index (Phi) is 7.62. The first-order valence-electron chi connectivity index (χ1n) is 8.79. The van der Waals surface area contributed by atoms with Crippen molar-refractivity contribution in [3.63, 3.8) is 0 Å². The third-order valence-corrected chi connectivity index (χ3v) is 5.30. The van der Waals surface area contributed by atoms with Crippen LogP contribution in [0.1, 0.15) is 27.0 Å². The first kappa shape index (κ1) is 22.4. The Morgan fingerprint density at radius 1 is 0.967 bits per heavy atom. The van der Waals surface area contributed by atoms with Gasteiger partial charge < -0.3 is 4.74 Å². The number of ether oxygens (including phenoxy) is 1. The van der Waals surface area contributed by atoms with Crippen molar-refractivity contribution in [3.8, 4) is 5.75 Å². The van der Waals surface area contributed by atoms with Gasteiger partial charge >= 0.3 is 0 Å². The molecule has 0 atom stereocenters. The second kappa shape index (κ2) is 10.2. The van der Waals surface area contributed by atoms with E-state index in [1.54, 1.807) is 54.6 Å². The fourth-order valence-corrected chi connectivity index (χ4v) is 3.57. The second-order valence-electron chi connectivity index (χ2n) is 6.40. The van der Waals surface area contributed by atoms with Crippen LogP contribution >= 0.6 is 46.4 Å². The summed E-state index contributed by atoms with van der Waals surface area (Å²) in [6, 6.07) is 15.5. The average molecular weight is 482 g/mol. The van der Waals surface area contributed by atoms with Crippen LogP contribution in [-0.2, 0) is 6.61 Å². The average Bonchev–Trinajstić information content (AvgIpc) is 2.68. The van der Waals surface area contributed by atoms with Crippen LogP contribution in [0.15, 0.2) is 59.7 Å². The summed E-state index contributed by atoms with van der Waals surface area (Å²) in [5.74, 6) is 0.0949.